The molecule has 2 rings (SSSR count). The fraction of sp³-hybridized carbons (Fsp3) is 0.143. The van der Waals surface area contributed by atoms with Crippen LogP contribution in [0.15, 0.2) is 42.7 Å². The van der Waals surface area contributed by atoms with E-state index in [2.05, 4.69) is 35.1 Å². The highest BCUT2D eigenvalue weighted by molar-refractivity contribution is 5.70. The first-order valence-corrected chi connectivity index (χ1v) is 5.32. The Balaban J connectivity index is 2.60. The van der Waals surface area contributed by atoms with Crippen molar-refractivity contribution in [2.24, 2.45) is 0 Å². The number of allylic oxidation sites excluding steroid dienone is 1. The van der Waals surface area contributed by atoms with Crippen LogP contribution in [0.25, 0.3) is 17.5 Å². The molecule has 2 heterocycles. The van der Waals surface area contributed by atoms with Gasteiger partial charge >= 0.3 is 0 Å². The van der Waals surface area contributed by atoms with Crippen LogP contribution in [0.1, 0.15) is 18.1 Å². The minimum atomic E-state index is 0.943. The zero-order valence-corrected chi connectivity index (χ0v) is 9.51. The number of hydrogen-bond acceptors (Lipinski definition) is 2. The van der Waals surface area contributed by atoms with Crippen LogP contribution in [0.3, 0.4) is 0 Å². The maximum atomic E-state index is 4.41. The molecule has 0 spiro atoms. The fourth-order valence-electron chi connectivity index (χ4n) is 1.66. The zero-order chi connectivity index (χ0) is 11.4. The molecule has 0 aliphatic heterocycles. The van der Waals surface area contributed by atoms with Gasteiger partial charge in [0.05, 0.1) is 11.4 Å². The average molecular weight is 210 g/mol. The highest BCUT2D eigenvalue weighted by Gasteiger charge is 2.07. The number of aromatic nitrogens is 2. The number of rotatable bonds is 2. The summed E-state index contributed by atoms with van der Waals surface area (Å²) in [5, 5.41) is 0. The molecule has 0 radical (unpaired) electrons. The molecule has 2 aromatic heterocycles. The first-order valence-electron chi connectivity index (χ1n) is 5.32. The Morgan fingerprint density at radius 3 is 2.38 bits per heavy atom. The van der Waals surface area contributed by atoms with Crippen LogP contribution in [0, 0.1) is 6.92 Å². The van der Waals surface area contributed by atoms with Gasteiger partial charge in [-0.3, -0.25) is 9.97 Å². The summed E-state index contributed by atoms with van der Waals surface area (Å²) in [4.78, 5) is 8.81. The molecule has 0 atom stereocenters. The van der Waals surface area contributed by atoms with E-state index in [1.165, 1.54) is 0 Å². The van der Waals surface area contributed by atoms with Gasteiger partial charge in [-0.15, -0.1) is 0 Å². The van der Waals surface area contributed by atoms with Crippen molar-refractivity contribution in [3.63, 3.8) is 0 Å². The van der Waals surface area contributed by atoms with Crippen LogP contribution in [0.4, 0.5) is 0 Å². The van der Waals surface area contributed by atoms with Gasteiger partial charge in [0, 0.05) is 18.0 Å². The molecule has 0 N–H and O–H groups in total. The van der Waals surface area contributed by atoms with E-state index in [-0.39, 0.29) is 0 Å². The standard InChI is InChI=1S/C14H14N2/c1-3-6-12-8-5-10-16-14(12)13-11(2)7-4-9-15-13/h3-10H,1-2H3/b6-3-. The summed E-state index contributed by atoms with van der Waals surface area (Å²) in [6.45, 7) is 4.05. The Bertz CT molecular complexity index is 516. The lowest BCUT2D eigenvalue weighted by Gasteiger charge is -2.06. The quantitative estimate of drug-likeness (QED) is 0.758. The molecule has 0 unspecified atom stereocenters. The topological polar surface area (TPSA) is 25.8 Å². The molecule has 2 aromatic rings. The summed E-state index contributed by atoms with van der Waals surface area (Å²) in [7, 11) is 0. The van der Waals surface area contributed by atoms with E-state index >= 15 is 0 Å². The summed E-state index contributed by atoms with van der Waals surface area (Å²) >= 11 is 0. The summed E-state index contributed by atoms with van der Waals surface area (Å²) in [5.74, 6) is 0. The van der Waals surface area contributed by atoms with E-state index in [4.69, 9.17) is 0 Å². The van der Waals surface area contributed by atoms with E-state index < -0.39 is 0 Å². The normalized spacial score (nSPS) is 10.9. The molecule has 0 saturated heterocycles. The fourth-order valence-corrected chi connectivity index (χ4v) is 1.66. The monoisotopic (exact) mass is 210 g/mol. The molecule has 0 aliphatic carbocycles. The predicted octanol–water partition coefficient (Wildman–Crippen LogP) is 3.49. The van der Waals surface area contributed by atoms with Crippen LogP contribution >= 0.6 is 0 Å². The summed E-state index contributed by atoms with van der Waals surface area (Å²) in [5.41, 5.74) is 4.15. The zero-order valence-electron chi connectivity index (χ0n) is 9.51. The maximum Gasteiger partial charge on any atom is 0.0960 e. The van der Waals surface area contributed by atoms with Gasteiger partial charge in [-0.1, -0.05) is 24.3 Å². The third-order valence-corrected chi connectivity index (χ3v) is 2.42. The lowest BCUT2D eigenvalue weighted by Crippen LogP contribution is -1.93. The molecule has 0 aromatic carbocycles. The molecule has 2 heteroatoms. The van der Waals surface area contributed by atoms with Crippen molar-refractivity contribution in [3.8, 4) is 11.4 Å². The molecule has 16 heavy (non-hydrogen) atoms. The van der Waals surface area contributed by atoms with E-state index in [9.17, 15) is 0 Å². The first kappa shape index (κ1) is 10.6. The molecule has 2 nitrogen and oxygen atoms in total. The second kappa shape index (κ2) is 4.71. The van der Waals surface area contributed by atoms with Crippen molar-refractivity contribution < 1.29 is 0 Å². The minimum absolute atomic E-state index is 0.943. The molecule has 0 bridgehead atoms. The van der Waals surface area contributed by atoms with Crippen molar-refractivity contribution >= 4 is 6.08 Å². The Hall–Kier alpha value is -1.96. The Morgan fingerprint density at radius 2 is 1.69 bits per heavy atom. The average Bonchev–Trinajstić information content (AvgIpc) is 2.31. The predicted molar refractivity (Wildman–Crippen MR) is 66.9 cm³/mol. The van der Waals surface area contributed by atoms with Crippen LogP contribution in [-0.4, -0.2) is 9.97 Å². The highest BCUT2D eigenvalue weighted by Crippen LogP contribution is 2.22. The number of nitrogens with zero attached hydrogens (tertiary/aromatic N) is 2. The molecule has 0 aliphatic rings. The molecule has 0 amide bonds. The minimum Gasteiger partial charge on any atom is -0.254 e. The van der Waals surface area contributed by atoms with Gasteiger partial charge in [-0.05, 0) is 31.5 Å². The van der Waals surface area contributed by atoms with Crippen molar-refractivity contribution in [3.05, 3.63) is 53.9 Å². The number of aryl methyl sites for hydroxylation is 1. The van der Waals surface area contributed by atoms with Gasteiger partial charge in [0.1, 0.15) is 0 Å². The smallest absolute Gasteiger partial charge is 0.0960 e. The molecule has 0 fully saturated rings. The van der Waals surface area contributed by atoms with E-state index in [0.717, 1.165) is 22.5 Å². The highest BCUT2D eigenvalue weighted by atomic mass is 14.8. The van der Waals surface area contributed by atoms with Gasteiger partial charge in [0.15, 0.2) is 0 Å². The Kier molecular flexibility index (Phi) is 3.10. The lowest BCUT2D eigenvalue weighted by atomic mass is 10.1. The van der Waals surface area contributed by atoms with E-state index in [0.29, 0.717) is 0 Å². The van der Waals surface area contributed by atoms with Crippen LogP contribution in [0.5, 0.6) is 0 Å². The summed E-state index contributed by atoms with van der Waals surface area (Å²) < 4.78 is 0. The Morgan fingerprint density at radius 1 is 1.00 bits per heavy atom. The number of hydrogen-bond donors (Lipinski definition) is 0. The molecular formula is C14H14N2. The second-order valence-electron chi connectivity index (χ2n) is 3.61. The Labute approximate surface area is 95.7 Å². The van der Waals surface area contributed by atoms with E-state index in [1.54, 1.807) is 12.4 Å². The van der Waals surface area contributed by atoms with Gasteiger partial charge in [-0.25, -0.2) is 0 Å². The van der Waals surface area contributed by atoms with Crippen LogP contribution in [0.2, 0.25) is 0 Å². The molecule has 80 valence electrons. The molecule has 0 saturated carbocycles. The van der Waals surface area contributed by atoms with Crippen molar-refractivity contribution in [2.75, 3.05) is 0 Å². The van der Waals surface area contributed by atoms with E-state index in [1.807, 2.05) is 25.1 Å². The van der Waals surface area contributed by atoms with Gasteiger partial charge in [-0.2, -0.15) is 0 Å². The van der Waals surface area contributed by atoms with Crippen molar-refractivity contribution in [1.29, 1.82) is 0 Å². The van der Waals surface area contributed by atoms with Gasteiger partial charge < -0.3 is 0 Å². The summed E-state index contributed by atoms with van der Waals surface area (Å²) in [6.07, 6.45) is 7.67. The SMILES string of the molecule is C/C=C\c1cccnc1-c1ncccc1C. The maximum absolute atomic E-state index is 4.41. The lowest BCUT2D eigenvalue weighted by molar-refractivity contribution is 1.21. The van der Waals surface area contributed by atoms with Crippen LogP contribution in [-0.2, 0) is 0 Å². The van der Waals surface area contributed by atoms with Gasteiger partial charge in [0.25, 0.3) is 0 Å². The first-order chi connectivity index (χ1) is 7.83. The number of pyridine rings is 2. The third kappa shape index (κ3) is 2.01. The van der Waals surface area contributed by atoms with Gasteiger partial charge in [0.2, 0.25) is 0 Å². The van der Waals surface area contributed by atoms with Crippen molar-refractivity contribution in [2.45, 2.75) is 13.8 Å². The van der Waals surface area contributed by atoms with Crippen LogP contribution < -0.4 is 0 Å². The summed E-state index contributed by atoms with van der Waals surface area (Å²) in [6, 6.07) is 7.99. The second-order valence-corrected chi connectivity index (χ2v) is 3.61. The van der Waals surface area contributed by atoms with Crippen molar-refractivity contribution in [1.82, 2.24) is 9.97 Å². The third-order valence-electron chi connectivity index (χ3n) is 2.42. The largest absolute Gasteiger partial charge is 0.254 e. The molecular weight excluding hydrogens is 196 g/mol.